The molecule has 0 aliphatic rings. The summed E-state index contributed by atoms with van der Waals surface area (Å²) < 4.78 is 76.0. The number of hydrogen-bond acceptors (Lipinski definition) is 6. The van der Waals surface area contributed by atoms with Crippen molar-refractivity contribution in [1.82, 2.24) is 9.44 Å². The van der Waals surface area contributed by atoms with E-state index in [1.54, 1.807) is 0 Å². The molecule has 0 heterocycles. The van der Waals surface area contributed by atoms with Crippen LogP contribution in [0, 0.1) is 0 Å². The third kappa shape index (κ3) is 12.5. The topological polar surface area (TPSA) is 126 Å². The van der Waals surface area contributed by atoms with Crippen LogP contribution in [-0.4, -0.2) is 44.1 Å². The average molecular weight is 531 g/mol. The van der Waals surface area contributed by atoms with E-state index >= 15 is 0 Å². The lowest BCUT2D eigenvalue weighted by molar-refractivity contribution is 0.549. The van der Waals surface area contributed by atoms with Crippen molar-refractivity contribution in [2.24, 2.45) is 0 Å². The minimum atomic E-state index is -4.08. The number of nitrogens with one attached hydrogen (secondary N) is 2. The molecule has 0 saturated heterocycles. The number of hydrogen-bond donors (Lipinski definition) is 2. The monoisotopic (exact) mass is 530 g/mol. The number of benzene rings is 1. The SMILES string of the molecule is CCCCCCCCCCCCNS(=O)(=O)c1cccc(S(=O)(=O)NCCS(=O)(=O)Cl)c1. The molecule has 0 bridgehead atoms. The summed E-state index contributed by atoms with van der Waals surface area (Å²) in [5.74, 6) is -0.577. The molecule has 1 aromatic carbocycles. The quantitative estimate of drug-likeness (QED) is 0.220. The molecule has 0 unspecified atom stereocenters. The second kappa shape index (κ2) is 14.5. The lowest BCUT2D eigenvalue weighted by Crippen LogP contribution is -2.29. The number of unbranched alkanes of at least 4 members (excludes halogenated alkanes) is 9. The van der Waals surface area contributed by atoms with Gasteiger partial charge in [-0.1, -0.05) is 70.8 Å². The first-order valence-electron chi connectivity index (χ1n) is 11.0. The summed E-state index contributed by atoms with van der Waals surface area (Å²) in [4.78, 5) is -0.441. The van der Waals surface area contributed by atoms with E-state index in [0.29, 0.717) is 6.42 Å². The predicted molar refractivity (Wildman–Crippen MR) is 128 cm³/mol. The Morgan fingerprint density at radius 1 is 0.688 bits per heavy atom. The van der Waals surface area contributed by atoms with Gasteiger partial charge in [-0.15, -0.1) is 0 Å². The van der Waals surface area contributed by atoms with E-state index < -0.39 is 41.4 Å². The fourth-order valence-corrected chi connectivity index (χ4v) is 6.07. The molecule has 8 nitrogen and oxygen atoms in total. The van der Waals surface area contributed by atoms with Crippen LogP contribution < -0.4 is 9.44 Å². The van der Waals surface area contributed by atoms with Crippen molar-refractivity contribution in [2.45, 2.75) is 80.9 Å². The maximum absolute atomic E-state index is 12.5. The largest absolute Gasteiger partial charge is 0.240 e. The summed E-state index contributed by atoms with van der Waals surface area (Å²) in [6, 6.07) is 4.91. The predicted octanol–water partition coefficient (Wildman–Crippen LogP) is 3.73. The number of halogens is 1. The van der Waals surface area contributed by atoms with Crippen molar-refractivity contribution in [2.75, 3.05) is 18.8 Å². The zero-order valence-corrected chi connectivity index (χ0v) is 21.8. The Bertz CT molecular complexity index is 996. The first kappa shape index (κ1) is 29.3. The van der Waals surface area contributed by atoms with E-state index in [4.69, 9.17) is 10.7 Å². The van der Waals surface area contributed by atoms with Crippen molar-refractivity contribution in [3.05, 3.63) is 24.3 Å². The molecule has 1 rings (SSSR count). The van der Waals surface area contributed by atoms with E-state index in [1.807, 2.05) is 0 Å². The first-order valence-corrected chi connectivity index (χ1v) is 16.4. The van der Waals surface area contributed by atoms with Gasteiger partial charge in [-0.2, -0.15) is 0 Å². The summed E-state index contributed by atoms with van der Waals surface area (Å²) in [6.07, 6.45) is 11.4. The Morgan fingerprint density at radius 2 is 1.12 bits per heavy atom. The molecule has 12 heteroatoms. The van der Waals surface area contributed by atoms with E-state index in [0.717, 1.165) is 25.3 Å². The zero-order valence-electron chi connectivity index (χ0n) is 18.6. The summed E-state index contributed by atoms with van der Waals surface area (Å²) in [5.41, 5.74) is 0. The van der Waals surface area contributed by atoms with E-state index in [2.05, 4.69) is 16.4 Å². The second-order valence-electron chi connectivity index (χ2n) is 7.70. The Morgan fingerprint density at radius 3 is 1.59 bits per heavy atom. The molecule has 0 fully saturated rings. The minimum absolute atomic E-state index is 0.169. The number of sulfonamides is 2. The summed E-state index contributed by atoms with van der Waals surface area (Å²) in [7, 11) is -6.72. The standard InChI is InChI=1S/C20H35ClN2O6S3/c1-2-3-4-5-6-7-8-9-10-11-15-22-31(26,27)19-13-12-14-20(18-19)32(28,29)23-16-17-30(21,24)25/h12-14,18,22-23H,2-11,15-17H2,1H3. The van der Waals surface area contributed by atoms with E-state index in [1.165, 1.54) is 56.7 Å². The van der Waals surface area contributed by atoms with Gasteiger partial charge in [0.25, 0.3) is 0 Å². The van der Waals surface area contributed by atoms with Crippen LogP contribution in [0.5, 0.6) is 0 Å². The van der Waals surface area contributed by atoms with Gasteiger partial charge in [0.2, 0.25) is 29.1 Å². The molecule has 2 N–H and O–H groups in total. The normalized spacial score (nSPS) is 12.8. The van der Waals surface area contributed by atoms with Gasteiger partial charge in [-0.3, -0.25) is 0 Å². The van der Waals surface area contributed by atoms with Crippen molar-refractivity contribution >= 4 is 39.8 Å². The lowest BCUT2D eigenvalue weighted by atomic mass is 10.1. The van der Waals surface area contributed by atoms with Gasteiger partial charge >= 0.3 is 0 Å². The molecule has 0 amide bonds. The molecule has 1 aromatic rings. The molecule has 186 valence electrons. The molecule has 0 aliphatic carbocycles. The molecule has 0 saturated carbocycles. The van der Waals surface area contributed by atoms with Gasteiger partial charge in [-0.05, 0) is 24.6 Å². The number of rotatable bonds is 18. The third-order valence-corrected chi connectivity index (χ3v) is 8.96. The Balaban J connectivity index is 2.45. The molecule has 32 heavy (non-hydrogen) atoms. The smallest absolute Gasteiger partial charge is 0.212 e. The van der Waals surface area contributed by atoms with Gasteiger partial charge in [-0.25, -0.2) is 34.7 Å². The Labute approximate surface area is 198 Å². The van der Waals surface area contributed by atoms with Gasteiger partial charge in [0, 0.05) is 23.8 Å². The highest BCUT2D eigenvalue weighted by atomic mass is 35.7. The van der Waals surface area contributed by atoms with Crippen molar-refractivity contribution in [3.8, 4) is 0 Å². The fourth-order valence-electron chi connectivity index (χ4n) is 3.09. The third-order valence-electron chi connectivity index (χ3n) is 4.89. The molecule has 0 radical (unpaired) electrons. The first-order chi connectivity index (χ1) is 15.0. The van der Waals surface area contributed by atoms with Gasteiger partial charge in [0.15, 0.2) is 0 Å². The van der Waals surface area contributed by atoms with Crippen molar-refractivity contribution < 1.29 is 25.3 Å². The summed E-state index contributed by atoms with van der Waals surface area (Å²) >= 11 is 0. The Kier molecular flexibility index (Phi) is 13.3. The molecule has 0 spiro atoms. The average Bonchev–Trinajstić information content (AvgIpc) is 2.71. The second-order valence-corrected chi connectivity index (χ2v) is 14.1. The molecular weight excluding hydrogens is 496 g/mol. The van der Waals surface area contributed by atoms with Gasteiger partial charge < -0.3 is 0 Å². The lowest BCUT2D eigenvalue weighted by Gasteiger charge is -2.10. The highest BCUT2D eigenvalue weighted by molar-refractivity contribution is 8.13. The van der Waals surface area contributed by atoms with Crippen molar-refractivity contribution in [3.63, 3.8) is 0 Å². The van der Waals surface area contributed by atoms with E-state index in [9.17, 15) is 25.3 Å². The summed E-state index contributed by atoms with van der Waals surface area (Å²) in [5, 5.41) is 0. The van der Waals surface area contributed by atoms with Crippen LogP contribution in [0.3, 0.4) is 0 Å². The summed E-state index contributed by atoms with van der Waals surface area (Å²) in [6.45, 7) is 2.06. The Hall–Kier alpha value is -0.720. The van der Waals surface area contributed by atoms with Crippen LogP contribution in [0.4, 0.5) is 0 Å². The molecular formula is C20H35ClN2O6S3. The van der Waals surface area contributed by atoms with Crippen LogP contribution in [0.25, 0.3) is 0 Å². The highest BCUT2D eigenvalue weighted by Gasteiger charge is 2.20. The minimum Gasteiger partial charge on any atom is -0.212 e. The van der Waals surface area contributed by atoms with Gasteiger partial charge in [0.1, 0.15) is 0 Å². The van der Waals surface area contributed by atoms with Crippen LogP contribution in [0.15, 0.2) is 34.1 Å². The molecule has 0 aliphatic heterocycles. The highest BCUT2D eigenvalue weighted by Crippen LogP contribution is 2.16. The van der Waals surface area contributed by atoms with Gasteiger partial charge in [0.05, 0.1) is 15.5 Å². The van der Waals surface area contributed by atoms with Crippen LogP contribution in [0.1, 0.15) is 71.1 Å². The zero-order chi connectivity index (χ0) is 24.1. The molecule has 0 atom stereocenters. The fraction of sp³-hybridized carbons (Fsp3) is 0.700. The van der Waals surface area contributed by atoms with Crippen LogP contribution in [0.2, 0.25) is 0 Å². The van der Waals surface area contributed by atoms with Crippen LogP contribution in [-0.2, 0) is 29.1 Å². The van der Waals surface area contributed by atoms with E-state index in [-0.39, 0.29) is 16.3 Å². The van der Waals surface area contributed by atoms with Crippen molar-refractivity contribution in [1.29, 1.82) is 0 Å². The molecule has 0 aromatic heterocycles. The van der Waals surface area contributed by atoms with Crippen LogP contribution >= 0.6 is 10.7 Å². The maximum atomic E-state index is 12.5. The maximum Gasteiger partial charge on any atom is 0.240 e.